The molecule has 2 N–H and O–H groups in total. The number of rotatable bonds is 8. The first-order valence-corrected chi connectivity index (χ1v) is 13.3. The van der Waals surface area contributed by atoms with E-state index in [2.05, 4.69) is 9.98 Å². The van der Waals surface area contributed by atoms with Gasteiger partial charge >= 0.3 is 213 Å². The SMILES string of the molecule is OCCCOc1ccc2c(c1)[O][Ga][O]c1cc(OCCCO)ccc1C=Nc1ccccc1N=C2. The van der Waals surface area contributed by atoms with Crippen LogP contribution in [0.15, 0.2) is 70.6 Å². The van der Waals surface area contributed by atoms with Gasteiger partial charge in [0.25, 0.3) is 0 Å². The molecule has 0 amide bonds. The zero-order valence-corrected chi connectivity index (χ0v) is 21.6. The van der Waals surface area contributed by atoms with E-state index >= 15 is 0 Å². The van der Waals surface area contributed by atoms with Gasteiger partial charge in [-0.05, 0) is 0 Å². The number of aliphatic hydroxyl groups is 2. The second-order valence-electron chi connectivity index (χ2n) is 7.59. The summed E-state index contributed by atoms with van der Waals surface area (Å²) in [5.41, 5.74) is 3.03. The first-order valence-electron chi connectivity index (χ1n) is 11.3. The summed E-state index contributed by atoms with van der Waals surface area (Å²) in [6.07, 6.45) is 4.59. The van der Waals surface area contributed by atoms with E-state index in [1.165, 1.54) is 0 Å². The van der Waals surface area contributed by atoms with Crippen molar-refractivity contribution in [3.05, 3.63) is 71.8 Å². The van der Waals surface area contributed by atoms with Crippen LogP contribution in [0.25, 0.3) is 0 Å². The maximum atomic E-state index is 9.01. The molecule has 0 aromatic heterocycles. The molecule has 0 saturated heterocycles. The summed E-state index contributed by atoms with van der Waals surface area (Å²) in [4.78, 5) is 9.31. The number of benzene rings is 3. The van der Waals surface area contributed by atoms with Gasteiger partial charge in [0.05, 0.1) is 0 Å². The Kier molecular flexibility index (Phi) is 9.24. The zero-order valence-electron chi connectivity index (χ0n) is 19.2. The van der Waals surface area contributed by atoms with Gasteiger partial charge < -0.3 is 0 Å². The van der Waals surface area contributed by atoms with Crippen LogP contribution in [0.1, 0.15) is 24.0 Å². The molecular formula is C26H26GaN2O6. The first-order chi connectivity index (χ1) is 17.3. The summed E-state index contributed by atoms with van der Waals surface area (Å²) in [6, 6.07) is 18.7. The topological polar surface area (TPSA) is 102 Å². The number of fused-ring (bicyclic) bond motifs is 3. The summed E-state index contributed by atoms with van der Waals surface area (Å²) >= 11 is -1.68. The molecule has 1 aliphatic rings. The van der Waals surface area contributed by atoms with E-state index in [9.17, 15) is 0 Å². The predicted molar refractivity (Wildman–Crippen MR) is 135 cm³/mol. The number of hydrogen-bond acceptors (Lipinski definition) is 8. The van der Waals surface area contributed by atoms with E-state index < -0.39 is 18.1 Å². The van der Waals surface area contributed by atoms with Crippen LogP contribution in [0.4, 0.5) is 11.4 Å². The third-order valence-corrected chi connectivity index (χ3v) is 6.50. The van der Waals surface area contributed by atoms with Gasteiger partial charge in [0.1, 0.15) is 0 Å². The molecule has 0 unspecified atom stereocenters. The zero-order chi connectivity index (χ0) is 24.3. The van der Waals surface area contributed by atoms with E-state index in [0.29, 0.717) is 49.1 Å². The molecule has 9 heteroatoms. The van der Waals surface area contributed by atoms with Gasteiger partial charge in [-0.25, -0.2) is 0 Å². The molecular weight excluding hydrogens is 506 g/mol. The van der Waals surface area contributed by atoms with E-state index in [-0.39, 0.29) is 13.2 Å². The number of para-hydroxylation sites is 2. The monoisotopic (exact) mass is 531 g/mol. The normalized spacial score (nSPS) is 12.3. The van der Waals surface area contributed by atoms with Crippen LogP contribution < -0.4 is 16.5 Å². The Labute approximate surface area is 212 Å². The van der Waals surface area contributed by atoms with Crippen LogP contribution in [0.2, 0.25) is 0 Å². The van der Waals surface area contributed by atoms with Crippen molar-refractivity contribution in [1.82, 2.24) is 0 Å². The molecule has 1 heterocycles. The van der Waals surface area contributed by atoms with E-state index in [4.69, 9.17) is 26.7 Å². The van der Waals surface area contributed by atoms with Crippen LogP contribution >= 0.6 is 0 Å². The van der Waals surface area contributed by atoms with E-state index in [1.54, 1.807) is 12.4 Å². The van der Waals surface area contributed by atoms with Crippen LogP contribution in [0, 0.1) is 0 Å². The molecule has 0 fully saturated rings. The molecule has 4 rings (SSSR count). The van der Waals surface area contributed by atoms with Crippen LogP contribution in [0.3, 0.4) is 0 Å². The summed E-state index contributed by atoms with van der Waals surface area (Å²) < 4.78 is 23.7. The molecule has 3 aromatic carbocycles. The van der Waals surface area contributed by atoms with Crippen molar-refractivity contribution in [2.45, 2.75) is 12.8 Å². The molecule has 8 nitrogen and oxygen atoms in total. The van der Waals surface area contributed by atoms with Crippen molar-refractivity contribution in [1.29, 1.82) is 0 Å². The van der Waals surface area contributed by atoms with Crippen LogP contribution in [-0.4, -0.2) is 67.2 Å². The average molecular weight is 532 g/mol. The summed E-state index contributed by atoms with van der Waals surface area (Å²) in [6.45, 7) is 0.969. The molecule has 179 valence electrons. The summed E-state index contributed by atoms with van der Waals surface area (Å²) in [5.74, 6) is 2.53. The molecule has 3 aromatic rings. The van der Waals surface area contributed by atoms with Crippen molar-refractivity contribution in [2.24, 2.45) is 9.98 Å². The van der Waals surface area contributed by atoms with Crippen LogP contribution in [-0.2, 0) is 0 Å². The quantitative estimate of drug-likeness (QED) is 0.336. The van der Waals surface area contributed by atoms with E-state index in [0.717, 1.165) is 22.5 Å². The number of aliphatic hydroxyl groups excluding tert-OH is 2. The second kappa shape index (κ2) is 13.0. The number of ether oxygens (including phenoxy) is 2. The van der Waals surface area contributed by atoms with E-state index in [1.807, 2.05) is 60.7 Å². The Hall–Kier alpha value is -3.24. The Morgan fingerprint density at radius 2 is 1.17 bits per heavy atom. The van der Waals surface area contributed by atoms with Crippen molar-refractivity contribution in [3.63, 3.8) is 0 Å². The van der Waals surface area contributed by atoms with Gasteiger partial charge in [-0.2, -0.15) is 0 Å². The molecule has 0 atom stereocenters. The fraction of sp³-hybridized carbons (Fsp3) is 0.231. The summed E-state index contributed by atoms with van der Waals surface area (Å²) in [5, 5.41) is 18.0. The Balaban J connectivity index is 1.67. The van der Waals surface area contributed by atoms with Crippen molar-refractivity contribution in [2.75, 3.05) is 26.4 Å². The molecule has 0 spiro atoms. The van der Waals surface area contributed by atoms with Gasteiger partial charge in [-0.1, -0.05) is 0 Å². The Bertz CT molecular complexity index is 1090. The third kappa shape index (κ3) is 7.12. The number of aliphatic imine (C=N–C) groups is 2. The molecule has 0 saturated carbocycles. The van der Waals surface area contributed by atoms with Gasteiger partial charge in [0.15, 0.2) is 0 Å². The molecule has 1 aliphatic heterocycles. The van der Waals surface area contributed by atoms with Crippen molar-refractivity contribution < 1.29 is 26.7 Å². The minimum absolute atomic E-state index is 0.0717. The standard InChI is InChI=1S/C26H28N2O6.Ga/c29-11-3-13-33-21-9-7-19(25(31)15-21)17-27-23-5-1-2-6-24(23)28-18-20-8-10-22(16-26(20)32)34-14-4-12-30;/h1-2,5-10,15-18,29-32H,3-4,11-14H2;/q;+2/p-2. The average Bonchev–Trinajstić information content (AvgIpc) is 2.89. The van der Waals surface area contributed by atoms with Crippen molar-refractivity contribution in [3.8, 4) is 23.0 Å². The molecule has 35 heavy (non-hydrogen) atoms. The fourth-order valence-electron chi connectivity index (χ4n) is 3.22. The molecule has 0 bridgehead atoms. The van der Waals surface area contributed by atoms with Gasteiger partial charge in [-0.3, -0.25) is 0 Å². The van der Waals surface area contributed by atoms with Crippen LogP contribution in [0.5, 0.6) is 23.0 Å². The molecule has 0 aliphatic carbocycles. The Morgan fingerprint density at radius 3 is 1.63 bits per heavy atom. The second-order valence-corrected chi connectivity index (χ2v) is 8.98. The number of nitrogens with zero attached hydrogens (tertiary/aromatic N) is 2. The first kappa shape index (κ1) is 24.9. The van der Waals surface area contributed by atoms with Crippen molar-refractivity contribution >= 4 is 41.9 Å². The third-order valence-electron chi connectivity index (χ3n) is 5.03. The molecule has 1 radical (unpaired) electrons. The minimum atomic E-state index is -1.68. The van der Waals surface area contributed by atoms with Gasteiger partial charge in [0, 0.05) is 0 Å². The van der Waals surface area contributed by atoms with Gasteiger partial charge in [-0.15, -0.1) is 0 Å². The summed E-state index contributed by atoms with van der Waals surface area (Å²) in [7, 11) is 0. The maximum absolute atomic E-state index is 9.01. The van der Waals surface area contributed by atoms with Gasteiger partial charge in [0.2, 0.25) is 0 Å². The Morgan fingerprint density at radius 1 is 0.686 bits per heavy atom. The number of hydrogen-bond donors (Lipinski definition) is 2. The predicted octanol–water partition coefficient (Wildman–Crippen LogP) is 4.02. The fourth-order valence-corrected chi connectivity index (χ4v) is 4.62.